The lowest BCUT2D eigenvalue weighted by molar-refractivity contribution is 0.0693. The Morgan fingerprint density at radius 1 is 1.53 bits per heavy atom. The lowest BCUT2D eigenvalue weighted by Gasteiger charge is -2.04. The largest absolute Gasteiger partial charge is 0.478 e. The van der Waals surface area contributed by atoms with E-state index in [1.807, 2.05) is 0 Å². The van der Waals surface area contributed by atoms with Crippen molar-refractivity contribution in [3.63, 3.8) is 0 Å². The number of aromatic carboxylic acids is 1. The molecule has 1 aromatic carbocycles. The van der Waals surface area contributed by atoms with Gasteiger partial charge in [0, 0.05) is 11.3 Å². The van der Waals surface area contributed by atoms with Crippen molar-refractivity contribution in [2.45, 2.75) is 6.92 Å². The van der Waals surface area contributed by atoms with Crippen molar-refractivity contribution in [1.29, 1.82) is 0 Å². The molecule has 17 heavy (non-hydrogen) atoms. The number of oxazole rings is 1. The average molecular weight is 236 g/mol. The van der Waals surface area contributed by atoms with E-state index < -0.39 is 17.3 Å². The molecule has 0 spiro atoms. The summed E-state index contributed by atoms with van der Waals surface area (Å²) in [5.41, 5.74) is 5.71. The zero-order valence-electron chi connectivity index (χ0n) is 8.90. The van der Waals surface area contributed by atoms with Gasteiger partial charge in [-0.15, -0.1) is 0 Å². The normalized spacial score (nSPS) is 10.5. The Hall–Kier alpha value is -2.37. The Morgan fingerprint density at radius 2 is 2.24 bits per heavy atom. The van der Waals surface area contributed by atoms with Gasteiger partial charge in [-0.05, 0) is 19.1 Å². The highest BCUT2D eigenvalue weighted by molar-refractivity contribution is 5.94. The Bertz CT molecular complexity index is 569. The number of halogens is 1. The monoisotopic (exact) mass is 236 g/mol. The highest BCUT2D eigenvalue weighted by atomic mass is 19.1. The first-order valence-electron chi connectivity index (χ1n) is 4.74. The van der Waals surface area contributed by atoms with Gasteiger partial charge >= 0.3 is 5.97 Å². The van der Waals surface area contributed by atoms with Crippen LogP contribution in [0.3, 0.4) is 0 Å². The molecule has 0 amide bonds. The molecule has 0 saturated heterocycles. The fraction of sp³-hybridized carbons (Fsp3) is 0.0909. The van der Waals surface area contributed by atoms with Gasteiger partial charge in [-0.2, -0.15) is 0 Å². The minimum absolute atomic E-state index is 0.164. The van der Waals surface area contributed by atoms with Crippen LogP contribution in [0.15, 0.2) is 22.8 Å². The molecule has 88 valence electrons. The van der Waals surface area contributed by atoms with Crippen LogP contribution in [-0.2, 0) is 0 Å². The predicted octanol–water partition coefficient (Wildman–Crippen LogP) is 2.07. The number of carboxylic acids is 1. The van der Waals surface area contributed by atoms with Gasteiger partial charge in [-0.3, -0.25) is 0 Å². The predicted molar refractivity (Wildman–Crippen MR) is 58.0 cm³/mol. The molecule has 0 aliphatic heterocycles. The van der Waals surface area contributed by atoms with Crippen LogP contribution >= 0.6 is 0 Å². The number of hydrogen-bond donors (Lipinski definition) is 2. The minimum Gasteiger partial charge on any atom is -0.478 e. The smallest absolute Gasteiger partial charge is 0.340 e. The maximum Gasteiger partial charge on any atom is 0.340 e. The summed E-state index contributed by atoms with van der Waals surface area (Å²) < 4.78 is 18.6. The number of benzene rings is 1. The number of aromatic nitrogens is 1. The van der Waals surface area contributed by atoms with Crippen molar-refractivity contribution in [2.75, 3.05) is 5.73 Å². The second kappa shape index (κ2) is 3.89. The second-order valence-corrected chi connectivity index (χ2v) is 3.52. The van der Waals surface area contributed by atoms with E-state index in [-0.39, 0.29) is 11.6 Å². The van der Waals surface area contributed by atoms with Crippen LogP contribution in [0.25, 0.3) is 11.5 Å². The van der Waals surface area contributed by atoms with Crippen molar-refractivity contribution >= 4 is 11.7 Å². The van der Waals surface area contributed by atoms with Gasteiger partial charge < -0.3 is 15.3 Å². The summed E-state index contributed by atoms with van der Waals surface area (Å²) in [6.45, 7) is 1.72. The Balaban J connectivity index is 2.56. The molecular weight excluding hydrogens is 227 g/mol. The van der Waals surface area contributed by atoms with Crippen molar-refractivity contribution in [2.24, 2.45) is 0 Å². The van der Waals surface area contributed by atoms with E-state index in [4.69, 9.17) is 15.3 Å². The van der Waals surface area contributed by atoms with Crippen LogP contribution in [0.1, 0.15) is 16.1 Å². The highest BCUT2D eigenvalue weighted by Crippen LogP contribution is 2.26. The summed E-state index contributed by atoms with van der Waals surface area (Å²) >= 11 is 0. The van der Waals surface area contributed by atoms with Gasteiger partial charge in [0.05, 0.1) is 5.69 Å². The zero-order chi connectivity index (χ0) is 12.6. The summed E-state index contributed by atoms with van der Waals surface area (Å²) in [5.74, 6) is -2.12. The Kier molecular flexibility index (Phi) is 2.55. The third-order valence-electron chi connectivity index (χ3n) is 2.20. The molecule has 2 rings (SSSR count). The maximum absolute atomic E-state index is 13.5. The first kappa shape index (κ1) is 11.1. The van der Waals surface area contributed by atoms with Gasteiger partial charge in [-0.25, -0.2) is 14.2 Å². The summed E-state index contributed by atoms with van der Waals surface area (Å²) in [7, 11) is 0. The van der Waals surface area contributed by atoms with E-state index in [0.717, 1.165) is 6.07 Å². The average Bonchev–Trinajstić information content (AvgIpc) is 2.63. The molecule has 0 aliphatic rings. The fourth-order valence-electron chi connectivity index (χ4n) is 1.46. The third kappa shape index (κ3) is 1.96. The first-order chi connectivity index (χ1) is 7.99. The Morgan fingerprint density at radius 3 is 2.71 bits per heavy atom. The number of carbonyl (C=O) groups is 1. The highest BCUT2D eigenvalue weighted by Gasteiger charge is 2.17. The molecule has 0 unspecified atom stereocenters. The summed E-state index contributed by atoms with van der Waals surface area (Å²) in [5, 5.41) is 8.75. The third-order valence-corrected chi connectivity index (χ3v) is 2.20. The molecule has 0 fully saturated rings. The van der Waals surface area contributed by atoms with E-state index in [9.17, 15) is 9.18 Å². The van der Waals surface area contributed by atoms with E-state index >= 15 is 0 Å². The van der Waals surface area contributed by atoms with Crippen molar-refractivity contribution < 1.29 is 18.7 Å². The number of nitrogens with zero attached hydrogens (tertiary/aromatic N) is 1. The summed E-state index contributed by atoms with van der Waals surface area (Å²) in [6.07, 6.45) is 1.41. The van der Waals surface area contributed by atoms with Gasteiger partial charge in [0.15, 0.2) is 0 Å². The van der Waals surface area contributed by atoms with E-state index in [2.05, 4.69) is 4.98 Å². The number of nitrogen functional groups attached to an aromatic ring is 1. The van der Waals surface area contributed by atoms with Crippen LogP contribution in [0.2, 0.25) is 0 Å². The number of nitrogens with two attached hydrogens (primary N) is 1. The van der Waals surface area contributed by atoms with Crippen molar-refractivity contribution in [3.05, 3.63) is 35.5 Å². The van der Waals surface area contributed by atoms with E-state index in [1.165, 1.54) is 12.3 Å². The molecule has 1 aromatic heterocycles. The quantitative estimate of drug-likeness (QED) is 0.779. The molecule has 0 atom stereocenters. The van der Waals surface area contributed by atoms with Crippen LogP contribution in [0.5, 0.6) is 0 Å². The number of hydrogen-bond acceptors (Lipinski definition) is 4. The van der Waals surface area contributed by atoms with Crippen molar-refractivity contribution in [1.82, 2.24) is 4.98 Å². The zero-order valence-corrected chi connectivity index (χ0v) is 8.90. The van der Waals surface area contributed by atoms with Crippen LogP contribution in [0.4, 0.5) is 10.1 Å². The minimum atomic E-state index is -1.41. The van der Waals surface area contributed by atoms with Gasteiger partial charge in [0.2, 0.25) is 5.89 Å². The molecule has 0 saturated carbocycles. The second-order valence-electron chi connectivity index (χ2n) is 3.52. The topological polar surface area (TPSA) is 89.3 Å². The molecule has 1 heterocycles. The lowest BCUT2D eigenvalue weighted by Crippen LogP contribution is -2.06. The van der Waals surface area contributed by atoms with Crippen molar-refractivity contribution in [3.8, 4) is 11.5 Å². The van der Waals surface area contributed by atoms with Crippen LogP contribution in [0, 0.1) is 12.7 Å². The lowest BCUT2D eigenvalue weighted by atomic mass is 10.1. The summed E-state index contributed by atoms with van der Waals surface area (Å²) in [4.78, 5) is 14.7. The van der Waals surface area contributed by atoms with E-state index in [1.54, 1.807) is 6.92 Å². The summed E-state index contributed by atoms with van der Waals surface area (Å²) in [6, 6.07) is 2.35. The Labute approximate surface area is 95.7 Å². The number of rotatable bonds is 2. The van der Waals surface area contributed by atoms with Crippen LogP contribution in [-0.4, -0.2) is 16.1 Å². The van der Waals surface area contributed by atoms with E-state index in [0.29, 0.717) is 11.3 Å². The number of carboxylic acid groups (broad SMARTS) is 1. The molecule has 0 aliphatic carbocycles. The maximum atomic E-state index is 13.5. The molecular formula is C11H9FN2O3. The standard InChI is InChI=1S/C11H9FN2O3/c1-5-4-17-10(14-5)6-2-7(12)9(11(15)16)8(13)3-6/h2-4H,13H2,1H3,(H,15,16). The number of aryl methyl sites for hydroxylation is 1. The molecule has 2 aromatic rings. The molecule has 5 nitrogen and oxygen atoms in total. The van der Waals surface area contributed by atoms with Gasteiger partial charge in [0.1, 0.15) is 17.6 Å². The van der Waals surface area contributed by atoms with Gasteiger partial charge in [0.25, 0.3) is 0 Å². The fourth-order valence-corrected chi connectivity index (χ4v) is 1.46. The molecule has 3 N–H and O–H groups in total. The molecule has 0 radical (unpaired) electrons. The SMILES string of the molecule is Cc1coc(-c2cc(N)c(C(=O)O)c(F)c2)n1. The first-order valence-corrected chi connectivity index (χ1v) is 4.74. The molecule has 0 bridgehead atoms. The number of anilines is 1. The van der Waals surface area contributed by atoms with Crippen LogP contribution < -0.4 is 5.73 Å². The molecule has 6 heteroatoms. The van der Waals surface area contributed by atoms with Gasteiger partial charge in [-0.1, -0.05) is 0 Å².